The molecule has 1 aromatic carbocycles. The fourth-order valence-corrected chi connectivity index (χ4v) is 8.20. The standard InChI is InChI=1S/C65H105N9O27/c66-65-72-61-60(63(79)73-65)70-55(52-69-61)51-68-54-3-1-53(2-4-54)62(78)71-56(64(80)81)5-6-57(75)67-9-11-82-13-15-84-17-19-86-21-23-88-25-27-90-29-31-92-33-35-94-37-39-96-41-43-98-45-47-100-49-50-101-48-46-99-44-42-97-40-38-95-36-34-93-32-30-91-28-26-89-24-22-87-20-18-85-16-14-83-12-10-74-58(76)7-8-59(74)77/h1-4,7-8,52,56,68H,5-6,9-51H2,(H,67,75)(H,71,78)(H,80,81)(H3,66,69,72,73,79)/t56-/m0/s1. The minimum absolute atomic E-state index is 0.0473. The number of aliphatic carboxylic acids is 1. The highest BCUT2D eigenvalue weighted by molar-refractivity contribution is 6.12. The van der Waals surface area contributed by atoms with Crippen molar-refractivity contribution < 1.29 is 124 Å². The number of carbonyl (C=O) groups excluding carboxylic acids is 4. The zero-order chi connectivity index (χ0) is 71.9. The minimum Gasteiger partial charge on any atom is -0.480 e. The molecule has 3 heterocycles. The minimum atomic E-state index is -1.29. The molecule has 4 rings (SSSR count). The van der Waals surface area contributed by atoms with E-state index in [1.165, 1.54) is 30.5 Å². The summed E-state index contributed by atoms with van der Waals surface area (Å²) in [7, 11) is 0. The highest BCUT2D eigenvalue weighted by Crippen LogP contribution is 2.13. The number of ether oxygens (including phenoxy) is 20. The summed E-state index contributed by atoms with van der Waals surface area (Å²) >= 11 is 0. The van der Waals surface area contributed by atoms with Crippen LogP contribution < -0.4 is 27.2 Å². The molecule has 572 valence electrons. The topological polar surface area (TPSA) is 427 Å². The molecule has 1 aliphatic rings. The number of carboxylic acid groups (broad SMARTS) is 1. The maximum Gasteiger partial charge on any atom is 0.326 e. The molecular formula is C65H105N9O27. The predicted molar refractivity (Wildman–Crippen MR) is 360 cm³/mol. The Balaban J connectivity index is 0.737. The van der Waals surface area contributed by atoms with Crippen molar-refractivity contribution in [3.8, 4) is 0 Å². The van der Waals surface area contributed by atoms with Crippen molar-refractivity contribution in [1.29, 1.82) is 0 Å². The van der Waals surface area contributed by atoms with Gasteiger partial charge in [0, 0.05) is 36.4 Å². The molecule has 0 bridgehead atoms. The Bertz CT molecular complexity index is 2690. The lowest BCUT2D eigenvalue weighted by molar-refractivity contribution is -0.140. The van der Waals surface area contributed by atoms with Crippen LogP contribution in [0.15, 0.2) is 47.4 Å². The Hall–Kier alpha value is -6.47. The molecule has 0 fully saturated rings. The fourth-order valence-electron chi connectivity index (χ4n) is 8.20. The number of carbonyl (C=O) groups is 5. The maximum absolute atomic E-state index is 12.8. The number of H-pyrrole nitrogens is 1. The van der Waals surface area contributed by atoms with Crippen LogP contribution in [0.3, 0.4) is 0 Å². The molecule has 4 amide bonds. The SMILES string of the molecule is Nc1nc2ncc(CNc3ccc(C(=O)N[C@@H](CCC(=O)NCCOCCOCCOCCOCCOCCOCCOCCOCCOCCOCCOCCOCCOCCOCCOCCOCCOCCOCCOCCOCCN4C(=O)C=CC4=O)C(=O)O)cc3)nc2c(=O)[nH]1. The number of imide groups is 1. The van der Waals surface area contributed by atoms with Crippen LogP contribution in [0.1, 0.15) is 28.9 Å². The van der Waals surface area contributed by atoms with Gasteiger partial charge in [-0.2, -0.15) is 4.98 Å². The summed E-state index contributed by atoms with van der Waals surface area (Å²) in [6, 6.07) is 5.00. The van der Waals surface area contributed by atoms with E-state index in [9.17, 15) is 33.9 Å². The molecule has 1 atom stereocenters. The average molecular weight is 1440 g/mol. The number of rotatable bonds is 72. The van der Waals surface area contributed by atoms with E-state index in [1.807, 2.05) is 0 Å². The zero-order valence-electron chi connectivity index (χ0n) is 57.9. The average Bonchev–Trinajstić information content (AvgIpc) is 0.922. The van der Waals surface area contributed by atoms with Crippen molar-refractivity contribution in [2.75, 3.05) is 288 Å². The number of fused-ring (bicyclic) bond motifs is 1. The molecule has 0 unspecified atom stereocenters. The second-order valence-electron chi connectivity index (χ2n) is 21.1. The molecule has 36 heteroatoms. The molecule has 0 radical (unpaired) electrons. The van der Waals surface area contributed by atoms with Crippen LogP contribution in [0.25, 0.3) is 11.2 Å². The Kier molecular flexibility index (Phi) is 52.5. The molecule has 1 aliphatic heterocycles. The van der Waals surface area contributed by atoms with Crippen LogP contribution >= 0.6 is 0 Å². The van der Waals surface area contributed by atoms with Crippen LogP contribution in [0.2, 0.25) is 0 Å². The van der Waals surface area contributed by atoms with Crippen molar-refractivity contribution in [2.45, 2.75) is 25.4 Å². The van der Waals surface area contributed by atoms with E-state index in [0.29, 0.717) is 262 Å². The number of aromatic nitrogens is 4. The number of aromatic amines is 1. The number of anilines is 2. The van der Waals surface area contributed by atoms with Gasteiger partial charge in [-0.25, -0.2) is 14.8 Å². The summed E-state index contributed by atoms with van der Waals surface area (Å²) < 4.78 is 110. The molecule has 101 heavy (non-hydrogen) atoms. The van der Waals surface area contributed by atoms with Gasteiger partial charge in [0.1, 0.15) is 6.04 Å². The van der Waals surface area contributed by atoms with E-state index in [2.05, 4.69) is 35.9 Å². The van der Waals surface area contributed by atoms with E-state index in [4.69, 9.17) is 100 Å². The summed E-state index contributed by atoms with van der Waals surface area (Å²) in [6.07, 6.45) is 3.71. The number of nitrogens with two attached hydrogens (primary N) is 1. The molecule has 0 saturated carbocycles. The number of benzene rings is 1. The third kappa shape index (κ3) is 46.7. The number of carboxylic acids is 1. The van der Waals surface area contributed by atoms with Crippen molar-refractivity contribution >= 4 is 52.4 Å². The molecule has 7 N–H and O–H groups in total. The second-order valence-corrected chi connectivity index (χ2v) is 21.1. The molecular weight excluding hydrogens is 1340 g/mol. The molecule has 3 aromatic rings. The summed E-state index contributed by atoms with van der Waals surface area (Å²) in [5.41, 5.74) is 6.52. The quantitative estimate of drug-likeness (QED) is 0.0299. The number of hydrogen-bond acceptors (Lipinski definition) is 31. The van der Waals surface area contributed by atoms with Crippen LogP contribution in [0, 0.1) is 0 Å². The Morgan fingerprint density at radius 3 is 1.12 bits per heavy atom. The molecule has 2 aromatic heterocycles. The van der Waals surface area contributed by atoms with Gasteiger partial charge >= 0.3 is 5.97 Å². The lowest BCUT2D eigenvalue weighted by atomic mass is 10.1. The van der Waals surface area contributed by atoms with Crippen LogP contribution in [0.5, 0.6) is 0 Å². The van der Waals surface area contributed by atoms with Gasteiger partial charge in [-0.1, -0.05) is 0 Å². The van der Waals surface area contributed by atoms with Crippen molar-refractivity contribution in [3.63, 3.8) is 0 Å². The first-order valence-electron chi connectivity index (χ1n) is 33.8. The van der Waals surface area contributed by atoms with E-state index < -0.39 is 23.5 Å². The Morgan fingerprint density at radius 1 is 0.455 bits per heavy atom. The number of hydrogen-bond donors (Lipinski definition) is 6. The highest BCUT2D eigenvalue weighted by atomic mass is 16.6. The number of nitrogens with one attached hydrogen (secondary N) is 4. The smallest absolute Gasteiger partial charge is 0.326 e. The monoisotopic (exact) mass is 1440 g/mol. The van der Waals surface area contributed by atoms with E-state index in [0.717, 1.165) is 4.90 Å². The lowest BCUT2D eigenvalue weighted by Crippen LogP contribution is -2.41. The molecule has 0 spiro atoms. The van der Waals surface area contributed by atoms with E-state index in [1.54, 1.807) is 12.1 Å². The third-order valence-corrected chi connectivity index (χ3v) is 13.4. The summed E-state index contributed by atoms with van der Waals surface area (Å²) in [6.45, 7) is 17.7. The van der Waals surface area contributed by atoms with Gasteiger partial charge in [-0.05, 0) is 30.7 Å². The zero-order valence-corrected chi connectivity index (χ0v) is 57.9. The lowest BCUT2D eigenvalue weighted by Gasteiger charge is -2.15. The number of nitrogens with zero attached hydrogens (tertiary/aromatic N) is 4. The van der Waals surface area contributed by atoms with Crippen LogP contribution in [0.4, 0.5) is 11.6 Å². The van der Waals surface area contributed by atoms with Gasteiger partial charge in [-0.15, -0.1) is 0 Å². The summed E-state index contributed by atoms with van der Waals surface area (Å²) in [5, 5.41) is 17.9. The van der Waals surface area contributed by atoms with Gasteiger partial charge < -0.3 is 122 Å². The van der Waals surface area contributed by atoms with Crippen LogP contribution in [-0.4, -0.2) is 343 Å². The normalized spacial score (nSPS) is 12.5. The largest absolute Gasteiger partial charge is 0.480 e. The maximum atomic E-state index is 12.8. The first-order chi connectivity index (χ1) is 49.6. The molecule has 0 saturated heterocycles. The second kappa shape index (κ2) is 61.0. The van der Waals surface area contributed by atoms with Crippen molar-refractivity contribution in [2.24, 2.45) is 0 Å². The van der Waals surface area contributed by atoms with Gasteiger partial charge in [0.05, 0.1) is 289 Å². The van der Waals surface area contributed by atoms with Crippen LogP contribution in [-0.2, 0) is 120 Å². The van der Waals surface area contributed by atoms with Crippen molar-refractivity contribution in [3.05, 3.63) is 64.2 Å². The van der Waals surface area contributed by atoms with Gasteiger partial charge in [-0.3, -0.25) is 33.9 Å². The van der Waals surface area contributed by atoms with E-state index in [-0.39, 0.29) is 86.1 Å². The first kappa shape index (κ1) is 86.9. The fraction of sp³-hybridized carbons (Fsp3) is 0.708. The first-order valence-corrected chi connectivity index (χ1v) is 33.8. The summed E-state index contributed by atoms with van der Waals surface area (Å²) in [5.74, 6) is -2.97. The predicted octanol–water partition coefficient (Wildman–Crippen LogP) is -0.756. The third-order valence-electron chi connectivity index (χ3n) is 13.4. The number of amides is 4. The summed E-state index contributed by atoms with van der Waals surface area (Å²) in [4.78, 5) is 88.0. The molecule has 0 aliphatic carbocycles. The van der Waals surface area contributed by atoms with E-state index >= 15 is 0 Å². The Morgan fingerprint density at radius 2 is 0.782 bits per heavy atom. The number of nitrogen functional groups attached to an aromatic ring is 1. The van der Waals surface area contributed by atoms with Gasteiger partial charge in [0.15, 0.2) is 11.2 Å². The van der Waals surface area contributed by atoms with Gasteiger partial charge in [0.25, 0.3) is 23.3 Å². The Labute approximate surface area is 587 Å². The highest BCUT2D eigenvalue weighted by Gasteiger charge is 2.23. The van der Waals surface area contributed by atoms with Crippen molar-refractivity contribution in [1.82, 2.24) is 35.5 Å². The molecule has 36 nitrogen and oxygen atoms in total. The van der Waals surface area contributed by atoms with Gasteiger partial charge in [0.2, 0.25) is 11.9 Å².